The second-order valence-corrected chi connectivity index (χ2v) is 8.07. The van der Waals surface area contributed by atoms with E-state index in [1.807, 2.05) is 0 Å². The molecule has 0 aliphatic rings. The minimum absolute atomic E-state index is 0.00521. The Morgan fingerprint density at radius 2 is 1.28 bits per heavy atom. The van der Waals surface area contributed by atoms with Gasteiger partial charge in [-0.2, -0.15) is 11.8 Å². The molecule has 0 saturated heterocycles. The van der Waals surface area contributed by atoms with Crippen LogP contribution in [0.4, 0.5) is 0 Å². The highest BCUT2D eigenvalue weighted by Crippen LogP contribution is 2.05. The van der Waals surface area contributed by atoms with Crippen molar-refractivity contribution in [2.45, 2.75) is 63.2 Å². The molecule has 5 amide bonds. The molecule has 0 aromatic rings. The number of rotatable bonds is 16. The maximum absolute atomic E-state index is 12.8. The highest BCUT2D eigenvalue weighted by molar-refractivity contribution is 7.98. The molecule has 4 atom stereocenters. The summed E-state index contributed by atoms with van der Waals surface area (Å²) in [6, 6.07) is -4.62. The van der Waals surface area contributed by atoms with E-state index in [-0.39, 0.29) is 32.1 Å². The second-order valence-electron chi connectivity index (χ2n) is 7.09. The molecule has 0 saturated carbocycles. The molecule has 14 heteroatoms. The Morgan fingerprint density at radius 3 is 1.78 bits per heavy atom. The summed E-state index contributed by atoms with van der Waals surface area (Å²) in [6.07, 6.45) is 1.49. The van der Waals surface area contributed by atoms with Crippen molar-refractivity contribution >= 4 is 47.3 Å². The maximum atomic E-state index is 12.8. The molecule has 0 aromatic carbocycles. The van der Waals surface area contributed by atoms with Gasteiger partial charge in [-0.1, -0.05) is 0 Å². The van der Waals surface area contributed by atoms with Gasteiger partial charge in [-0.3, -0.25) is 28.8 Å². The van der Waals surface area contributed by atoms with Gasteiger partial charge in [0.25, 0.3) is 0 Å². The molecule has 0 heterocycles. The maximum Gasteiger partial charge on any atom is 0.325 e. The van der Waals surface area contributed by atoms with Crippen LogP contribution in [0.2, 0.25) is 0 Å². The van der Waals surface area contributed by atoms with Crippen molar-refractivity contribution in [3.05, 3.63) is 0 Å². The Hall–Kier alpha value is -2.87. The van der Waals surface area contributed by atoms with Crippen molar-refractivity contribution < 1.29 is 33.9 Å². The molecule has 0 aromatic heterocycles. The highest BCUT2D eigenvalue weighted by Gasteiger charge is 2.29. The van der Waals surface area contributed by atoms with Crippen LogP contribution in [-0.2, 0) is 28.8 Å². The molecule has 10 N–H and O–H groups in total. The summed E-state index contributed by atoms with van der Waals surface area (Å²) in [5, 5.41) is 16.1. The Balaban J connectivity index is 5.33. The summed E-state index contributed by atoms with van der Waals surface area (Å²) in [5.74, 6) is -4.34. The first-order valence-electron chi connectivity index (χ1n) is 9.84. The number of primary amides is 2. The lowest BCUT2D eigenvalue weighted by molar-refractivity contribution is -0.142. The van der Waals surface area contributed by atoms with Crippen LogP contribution in [0.25, 0.3) is 0 Å². The molecule has 0 rings (SSSR count). The summed E-state index contributed by atoms with van der Waals surface area (Å²) in [4.78, 5) is 70.5. The summed E-state index contributed by atoms with van der Waals surface area (Å²) in [6.45, 7) is 1.24. The Bertz CT molecular complexity index is 705. The third-order valence-corrected chi connectivity index (χ3v) is 4.97. The van der Waals surface area contributed by atoms with Crippen molar-refractivity contribution in [1.29, 1.82) is 0 Å². The van der Waals surface area contributed by atoms with Crippen molar-refractivity contribution in [3.8, 4) is 0 Å². The van der Waals surface area contributed by atoms with E-state index in [4.69, 9.17) is 22.3 Å². The van der Waals surface area contributed by atoms with Crippen molar-refractivity contribution in [2.24, 2.45) is 17.2 Å². The van der Waals surface area contributed by atoms with Crippen LogP contribution in [0.5, 0.6) is 0 Å². The normalized spacial score (nSPS) is 14.3. The first-order valence-corrected chi connectivity index (χ1v) is 11.2. The van der Waals surface area contributed by atoms with Gasteiger partial charge in [-0.05, 0) is 38.2 Å². The predicted octanol–water partition coefficient (Wildman–Crippen LogP) is -2.84. The number of amides is 5. The van der Waals surface area contributed by atoms with E-state index in [0.717, 1.165) is 0 Å². The highest BCUT2D eigenvalue weighted by atomic mass is 32.2. The largest absolute Gasteiger partial charge is 0.480 e. The van der Waals surface area contributed by atoms with Crippen molar-refractivity contribution in [1.82, 2.24) is 16.0 Å². The van der Waals surface area contributed by atoms with Crippen LogP contribution >= 0.6 is 11.8 Å². The SMILES string of the molecule is CSCCC(NC(=O)C(N)CCC(N)=O)C(=O)NC(CCC(N)=O)C(=O)NC(C)C(=O)O. The first kappa shape index (κ1) is 29.1. The Morgan fingerprint density at radius 1 is 0.812 bits per heavy atom. The zero-order chi connectivity index (χ0) is 24.8. The van der Waals surface area contributed by atoms with E-state index in [1.165, 1.54) is 18.7 Å². The zero-order valence-corrected chi connectivity index (χ0v) is 18.9. The smallest absolute Gasteiger partial charge is 0.325 e. The minimum Gasteiger partial charge on any atom is -0.480 e. The van der Waals surface area contributed by atoms with Gasteiger partial charge in [0.2, 0.25) is 29.5 Å². The number of hydrogen-bond donors (Lipinski definition) is 7. The summed E-state index contributed by atoms with van der Waals surface area (Å²) < 4.78 is 0. The molecule has 0 aliphatic carbocycles. The van der Waals surface area contributed by atoms with Crippen molar-refractivity contribution in [2.75, 3.05) is 12.0 Å². The number of nitrogens with two attached hydrogens (primary N) is 3. The van der Waals surface area contributed by atoms with Crippen molar-refractivity contribution in [3.63, 3.8) is 0 Å². The molecule has 0 bridgehead atoms. The number of carboxylic acids is 1. The Labute approximate surface area is 189 Å². The van der Waals surface area contributed by atoms with Gasteiger partial charge in [-0.25, -0.2) is 0 Å². The standard InChI is InChI=1S/C18H32N6O7S/c1-9(18(30)31)22-16(28)11(4-6-14(21)26)24-17(29)12(7-8-32-2)23-15(27)10(19)3-5-13(20)25/h9-12H,3-8,19H2,1-2H3,(H2,20,25)(H2,21,26)(H,22,28)(H,23,27)(H,24,29)(H,30,31). The average Bonchev–Trinajstić information content (AvgIpc) is 2.71. The fourth-order valence-electron chi connectivity index (χ4n) is 2.42. The molecule has 0 radical (unpaired) electrons. The number of thioether (sulfide) groups is 1. The van der Waals surface area contributed by atoms with Crippen LogP contribution in [-0.4, -0.2) is 76.8 Å². The minimum atomic E-state index is -1.28. The number of carbonyl (C=O) groups is 6. The van der Waals surface area contributed by atoms with E-state index in [0.29, 0.717) is 5.75 Å². The van der Waals surface area contributed by atoms with Gasteiger partial charge >= 0.3 is 5.97 Å². The van der Waals surface area contributed by atoms with E-state index >= 15 is 0 Å². The van der Waals surface area contributed by atoms with E-state index in [2.05, 4.69) is 16.0 Å². The van der Waals surface area contributed by atoms with Gasteiger partial charge in [0.05, 0.1) is 6.04 Å². The number of carboxylic acid groups (broad SMARTS) is 1. The molecular formula is C18H32N6O7S. The van der Waals surface area contributed by atoms with Gasteiger partial charge in [0, 0.05) is 12.8 Å². The van der Waals surface area contributed by atoms with Crippen LogP contribution in [0.1, 0.15) is 39.0 Å². The van der Waals surface area contributed by atoms with Crippen LogP contribution in [0.3, 0.4) is 0 Å². The topological polar surface area (TPSA) is 237 Å². The van der Waals surface area contributed by atoms with Gasteiger partial charge in [0.1, 0.15) is 18.1 Å². The van der Waals surface area contributed by atoms with Crippen LogP contribution < -0.4 is 33.2 Å². The molecule has 32 heavy (non-hydrogen) atoms. The summed E-state index contributed by atoms with van der Waals surface area (Å²) in [5.41, 5.74) is 15.9. The third-order valence-electron chi connectivity index (χ3n) is 4.32. The molecule has 0 fully saturated rings. The van der Waals surface area contributed by atoms with Gasteiger partial charge in [0.15, 0.2) is 0 Å². The molecule has 13 nitrogen and oxygen atoms in total. The number of hydrogen-bond acceptors (Lipinski definition) is 8. The summed E-state index contributed by atoms with van der Waals surface area (Å²) >= 11 is 1.42. The number of nitrogens with one attached hydrogen (secondary N) is 3. The fraction of sp³-hybridized carbons (Fsp3) is 0.667. The lowest BCUT2D eigenvalue weighted by Crippen LogP contribution is -2.57. The quantitative estimate of drug-likeness (QED) is 0.121. The second kappa shape index (κ2) is 15.0. The fourth-order valence-corrected chi connectivity index (χ4v) is 2.89. The predicted molar refractivity (Wildman–Crippen MR) is 117 cm³/mol. The monoisotopic (exact) mass is 476 g/mol. The van der Waals surface area contributed by atoms with Gasteiger partial charge < -0.3 is 38.3 Å². The van der Waals surface area contributed by atoms with Crippen LogP contribution in [0, 0.1) is 0 Å². The number of carbonyl (C=O) groups excluding carboxylic acids is 5. The van der Waals surface area contributed by atoms with E-state index < -0.39 is 59.7 Å². The van der Waals surface area contributed by atoms with Gasteiger partial charge in [-0.15, -0.1) is 0 Å². The molecule has 182 valence electrons. The molecule has 0 aliphatic heterocycles. The molecular weight excluding hydrogens is 444 g/mol. The first-order chi connectivity index (χ1) is 14.9. The molecule has 0 spiro atoms. The molecule has 4 unspecified atom stereocenters. The third kappa shape index (κ3) is 12.1. The lowest BCUT2D eigenvalue weighted by atomic mass is 10.1. The van der Waals surface area contributed by atoms with Crippen LogP contribution in [0.15, 0.2) is 0 Å². The zero-order valence-electron chi connectivity index (χ0n) is 18.1. The number of aliphatic carboxylic acids is 1. The summed E-state index contributed by atoms with van der Waals surface area (Å²) in [7, 11) is 0. The van der Waals surface area contributed by atoms with E-state index in [1.54, 1.807) is 6.26 Å². The lowest BCUT2D eigenvalue weighted by Gasteiger charge is -2.24. The van der Waals surface area contributed by atoms with E-state index in [9.17, 15) is 28.8 Å². The average molecular weight is 477 g/mol. The Kier molecular flexibility index (Phi) is 13.7.